The SMILES string of the molecule is C[N+](C)(C)CC[O-].O=C([O-])c1ccccc1O.[K+]. The van der Waals surface area contributed by atoms with Crippen LogP contribution in [-0.4, -0.2) is 49.9 Å². The molecule has 0 aliphatic carbocycles. The Morgan fingerprint density at radius 2 is 1.78 bits per heavy atom. The van der Waals surface area contributed by atoms with Gasteiger partial charge in [-0.2, -0.15) is 0 Å². The fraction of sp³-hybridized carbons (Fsp3) is 0.417. The van der Waals surface area contributed by atoms with E-state index in [-0.39, 0.29) is 69.3 Å². The van der Waals surface area contributed by atoms with Gasteiger partial charge in [-0.3, -0.25) is 0 Å². The van der Waals surface area contributed by atoms with E-state index in [9.17, 15) is 15.0 Å². The third-order valence-electron chi connectivity index (χ3n) is 1.89. The summed E-state index contributed by atoms with van der Waals surface area (Å²) in [6, 6.07) is 5.64. The number of quaternary nitrogens is 1. The first kappa shape index (κ1) is 20.4. The molecule has 0 aromatic heterocycles. The maximum absolute atomic E-state index is 10.2. The van der Waals surface area contributed by atoms with E-state index in [1.54, 1.807) is 6.07 Å². The minimum atomic E-state index is -1.36. The minimum Gasteiger partial charge on any atom is -0.850 e. The number of phenols is 1. The molecule has 96 valence electrons. The van der Waals surface area contributed by atoms with Gasteiger partial charge < -0.3 is 24.6 Å². The summed E-state index contributed by atoms with van der Waals surface area (Å²) in [6.07, 6.45) is 0. The van der Waals surface area contributed by atoms with Gasteiger partial charge in [-0.15, -0.1) is 0 Å². The van der Waals surface area contributed by atoms with Crippen molar-refractivity contribution in [3.05, 3.63) is 29.8 Å². The molecule has 1 aromatic rings. The number of aromatic carboxylic acids is 1. The molecule has 5 nitrogen and oxygen atoms in total. The number of benzene rings is 1. The van der Waals surface area contributed by atoms with Crippen LogP contribution < -0.4 is 61.6 Å². The number of hydrogen-bond acceptors (Lipinski definition) is 4. The molecular formula is C12H18KNO4. The Balaban J connectivity index is 0. The first-order valence-electron chi connectivity index (χ1n) is 5.16. The monoisotopic (exact) mass is 279 g/mol. The van der Waals surface area contributed by atoms with Gasteiger partial charge in [-0.1, -0.05) is 18.7 Å². The number of carbonyl (C=O) groups is 1. The van der Waals surface area contributed by atoms with Gasteiger partial charge in [0.2, 0.25) is 0 Å². The summed E-state index contributed by atoms with van der Waals surface area (Å²) in [5.41, 5.74) is -0.178. The van der Waals surface area contributed by atoms with Crippen molar-refractivity contribution in [3.63, 3.8) is 0 Å². The van der Waals surface area contributed by atoms with Crippen LogP contribution in [0.4, 0.5) is 0 Å². The predicted molar refractivity (Wildman–Crippen MR) is 60.2 cm³/mol. The Hall–Kier alpha value is 0.0464. The van der Waals surface area contributed by atoms with Crippen molar-refractivity contribution in [1.29, 1.82) is 0 Å². The maximum atomic E-state index is 10.2. The summed E-state index contributed by atoms with van der Waals surface area (Å²) < 4.78 is 0.781. The summed E-state index contributed by atoms with van der Waals surface area (Å²) >= 11 is 0. The van der Waals surface area contributed by atoms with E-state index in [0.717, 1.165) is 11.0 Å². The van der Waals surface area contributed by atoms with Gasteiger partial charge in [0.25, 0.3) is 0 Å². The van der Waals surface area contributed by atoms with Crippen molar-refractivity contribution in [3.8, 4) is 5.75 Å². The van der Waals surface area contributed by atoms with Crippen LogP contribution in [0.1, 0.15) is 10.4 Å². The number of carbonyl (C=O) groups excluding carboxylic acids is 1. The molecule has 1 rings (SSSR count). The molecule has 18 heavy (non-hydrogen) atoms. The fourth-order valence-corrected chi connectivity index (χ4v) is 0.920. The van der Waals surface area contributed by atoms with Gasteiger partial charge in [0.05, 0.1) is 33.7 Å². The summed E-state index contributed by atoms with van der Waals surface area (Å²) in [6.45, 7) is 0.753. The van der Waals surface area contributed by atoms with Crippen LogP contribution in [0, 0.1) is 0 Å². The Bertz CT molecular complexity index is 363. The van der Waals surface area contributed by atoms with Gasteiger partial charge in [0.1, 0.15) is 5.75 Å². The van der Waals surface area contributed by atoms with Crippen LogP contribution in [0.3, 0.4) is 0 Å². The number of para-hydroxylation sites is 1. The van der Waals surface area contributed by atoms with Crippen LogP contribution in [0.2, 0.25) is 0 Å². The number of carboxylic acids is 1. The number of hydrogen-bond donors (Lipinski definition) is 1. The first-order chi connectivity index (χ1) is 7.78. The van der Waals surface area contributed by atoms with E-state index < -0.39 is 5.97 Å². The van der Waals surface area contributed by atoms with Gasteiger partial charge in [0.15, 0.2) is 0 Å². The number of aromatic hydroxyl groups is 1. The second kappa shape index (κ2) is 9.91. The maximum Gasteiger partial charge on any atom is 1.00 e. The van der Waals surface area contributed by atoms with Crippen molar-refractivity contribution in [2.45, 2.75) is 0 Å². The van der Waals surface area contributed by atoms with Crippen LogP contribution in [0.25, 0.3) is 0 Å². The molecule has 1 aromatic carbocycles. The zero-order valence-corrected chi connectivity index (χ0v) is 14.5. The summed E-state index contributed by atoms with van der Waals surface area (Å²) in [7, 11) is 6.04. The molecule has 0 saturated carbocycles. The Labute approximate surface area is 150 Å². The molecule has 0 bridgehead atoms. The molecule has 1 N–H and O–H groups in total. The second-order valence-corrected chi connectivity index (χ2v) is 4.52. The summed E-state index contributed by atoms with van der Waals surface area (Å²) in [5.74, 6) is -1.62. The average Bonchev–Trinajstić information content (AvgIpc) is 2.16. The molecular weight excluding hydrogens is 261 g/mol. The fourth-order valence-electron chi connectivity index (χ4n) is 0.920. The zero-order valence-electron chi connectivity index (χ0n) is 11.3. The van der Waals surface area contributed by atoms with Crippen molar-refractivity contribution < 1.29 is 76.0 Å². The van der Waals surface area contributed by atoms with Gasteiger partial charge in [-0.05, 0) is 12.1 Å². The van der Waals surface area contributed by atoms with Crippen molar-refractivity contribution in [1.82, 2.24) is 0 Å². The smallest absolute Gasteiger partial charge is 0.850 e. The largest absolute Gasteiger partial charge is 1.00 e. The Morgan fingerprint density at radius 3 is 2.00 bits per heavy atom. The van der Waals surface area contributed by atoms with E-state index in [1.165, 1.54) is 18.2 Å². The van der Waals surface area contributed by atoms with Crippen LogP contribution in [0.15, 0.2) is 24.3 Å². The zero-order chi connectivity index (χ0) is 13.5. The van der Waals surface area contributed by atoms with Crippen molar-refractivity contribution in [2.24, 2.45) is 0 Å². The molecule has 0 saturated heterocycles. The predicted octanol–water partition coefficient (Wildman–Crippen LogP) is -4.19. The van der Waals surface area contributed by atoms with Gasteiger partial charge in [-0.25, -0.2) is 0 Å². The van der Waals surface area contributed by atoms with Gasteiger partial charge >= 0.3 is 51.4 Å². The van der Waals surface area contributed by atoms with Crippen LogP contribution in [0.5, 0.6) is 5.75 Å². The van der Waals surface area contributed by atoms with Crippen molar-refractivity contribution >= 4 is 5.97 Å². The molecule has 0 heterocycles. The molecule has 0 spiro atoms. The van der Waals surface area contributed by atoms with Crippen molar-refractivity contribution in [2.75, 3.05) is 34.3 Å². The standard InChI is InChI=1S/C7H6O3.C5H13NO.K/c8-6-4-2-1-3-5(6)7(9)10;1-6(2,3)4-5-7;/h1-4,8H,(H,9,10);4-5H2,1-3H3;/q;;+1/p-1. The molecule has 0 aliphatic rings. The minimum absolute atomic E-state index is 0. The molecule has 0 atom stereocenters. The van der Waals surface area contributed by atoms with Gasteiger partial charge in [0, 0.05) is 5.56 Å². The van der Waals surface area contributed by atoms with E-state index in [1.807, 2.05) is 21.1 Å². The topological polar surface area (TPSA) is 83.4 Å². The molecule has 0 amide bonds. The molecule has 0 unspecified atom stereocenters. The quantitative estimate of drug-likeness (QED) is 0.449. The summed E-state index contributed by atoms with van der Waals surface area (Å²) in [5, 5.41) is 28.9. The molecule has 0 radical (unpaired) electrons. The third kappa shape index (κ3) is 10.0. The number of carboxylic acid groups (broad SMARTS) is 1. The van der Waals surface area contributed by atoms with E-state index in [0.29, 0.717) is 0 Å². The molecule has 6 heteroatoms. The summed E-state index contributed by atoms with van der Waals surface area (Å²) in [4.78, 5) is 10.2. The van der Waals surface area contributed by atoms with Crippen LogP contribution >= 0.6 is 0 Å². The molecule has 0 fully saturated rings. The average molecular weight is 279 g/mol. The number of nitrogens with zero attached hydrogens (tertiary/aromatic N) is 1. The first-order valence-corrected chi connectivity index (χ1v) is 5.16. The Kier molecular flexibility index (Phi) is 11.2. The Morgan fingerprint density at radius 1 is 1.28 bits per heavy atom. The van der Waals surface area contributed by atoms with E-state index >= 15 is 0 Å². The second-order valence-electron chi connectivity index (χ2n) is 4.52. The third-order valence-corrected chi connectivity index (χ3v) is 1.89. The number of likely N-dealkylation sites (N-methyl/N-ethyl adjacent to an activating group) is 1. The normalized spacial score (nSPS) is 9.78. The van der Waals surface area contributed by atoms with Crippen LogP contribution in [-0.2, 0) is 0 Å². The number of rotatable bonds is 3. The van der Waals surface area contributed by atoms with E-state index in [4.69, 9.17) is 5.11 Å². The van der Waals surface area contributed by atoms with E-state index in [2.05, 4.69) is 0 Å². The molecule has 0 aliphatic heterocycles.